The molecule has 0 rings (SSSR count). The largest absolute Gasteiger partial charge is 0.478 e. The predicted molar refractivity (Wildman–Crippen MR) is 55.7 cm³/mol. The molecular weight excluding hydrogens is 216 g/mol. The van der Waals surface area contributed by atoms with E-state index in [1.54, 1.807) is 13.8 Å². The molecular formula is C10H16O6. The summed E-state index contributed by atoms with van der Waals surface area (Å²) in [6.45, 7) is 8.23. The van der Waals surface area contributed by atoms with E-state index in [-0.39, 0.29) is 18.8 Å². The van der Waals surface area contributed by atoms with E-state index in [2.05, 4.69) is 16.1 Å². The van der Waals surface area contributed by atoms with Crippen molar-refractivity contribution in [1.29, 1.82) is 0 Å². The standard InChI is InChI=1S/C6H10O4.C4H6O2/c1-3-9-5(7)6(8)10-4-2;1-3(2)4(5)6/h3-4H2,1-2H3;1H2,2H3,(H,5,6). The van der Waals surface area contributed by atoms with E-state index in [1.165, 1.54) is 6.92 Å². The third-order valence-corrected chi connectivity index (χ3v) is 1.08. The maximum absolute atomic E-state index is 10.4. The summed E-state index contributed by atoms with van der Waals surface area (Å²) in [6.07, 6.45) is 0. The Morgan fingerprint density at radius 3 is 1.44 bits per heavy atom. The average molecular weight is 232 g/mol. The van der Waals surface area contributed by atoms with Gasteiger partial charge in [0.15, 0.2) is 0 Å². The van der Waals surface area contributed by atoms with Gasteiger partial charge in [-0.2, -0.15) is 0 Å². The SMILES string of the molecule is C=C(C)C(=O)O.CCOC(=O)C(=O)OCC. The highest BCUT2D eigenvalue weighted by Crippen LogP contribution is 1.83. The first-order valence-corrected chi connectivity index (χ1v) is 4.59. The van der Waals surface area contributed by atoms with E-state index in [0.717, 1.165) is 0 Å². The zero-order chi connectivity index (χ0) is 13.1. The van der Waals surface area contributed by atoms with Gasteiger partial charge < -0.3 is 14.6 Å². The van der Waals surface area contributed by atoms with Crippen LogP contribution >= 0.6 is 0 Å². The molecule has 0 spiro atoms. The summed E-state index contributed by atoms with van der Waals surface area (Å²) in [7, 11) is 0. The lowest BCUT2D eigenvalue weighted by Crippen LogP contribution is -2.19. The van der Waals surface area contributed by atoms with Gasteiger partial charge in [-0.05, 0) is 20.8 Å². The second kappa shape index (κ2) is 9.70. The lowest BCUT2D eigenvalue weighted by atomic mass is 10.4. The van der Waals surface area contributed by atoms with Crippen molar-refractivity contribution >= 4 is 17.9 Å². The normalized spacial score (nSPS) is 8.19. The molecule has 0 fully saturated rings. The molecule has 0 aliphatic heterocycles. The van der Waals surface area contributed by atoms with Gasteiger partial charge >= 0.3 is 17.9 Å². The fourth-order valence-electron chi connectivity index (χ4n) is 0.380. The summed E-state index contributed by atoms with van der Waals surface area (Å²) in [5.41, 5.74) is 0.176. The van der Waals surface area contributed by atoms with Gasteiger partial charge in [-0.1, -0.05) is 6.58 Å². The van der Waals surface area contributed by atoms with E-state index in [4.69, 9.17) is 5.11 Å². The Morgan fingerprint density at radius 2 is 1.31 bits per heavy atom. The summed E-state index contributed by atoms with van der Waals surface area (Å²) in [4.78, 5) is 30.5. The zero-order valence-electron chi connectivity index (χ0n) is 9.61. The number of esters is 2. The minimum atomic E-state index is -0.935. The molecule has 0 saturated carbocycles. The fraction of sp³-hybridized carbons (Fsp3) is 0.500. The first kappa shape index (κ1) is 16.6. The number of ether oxygens (including phenoxy) is 2. The Bertz CT molecular complexity index is 240. The highest BCUT2D eigenvalue weighted by atomic mass is 16.6. The third kappa shape index (κ3) is 10.2. The molecule has 0 amide bonds. The Kier molecular flexibility index (Phi) is 10.0. The van der Waals surface area contributed by atoms with Crippen molar-refractivity contribution < 1.29 is 29.0 Å². The number of rotatable bonds is 3. The molecule has 0 aromatic carbocycles. The molecule has 0 bridgehead atoms. The van der Waals surface area contributed by atoms with Crippen LogP contribution in [0.2, 0.25) is 0 Å². The molecule has 0 atom stereocenters. The van der Waals surface area contributed by atoms with Gasteiger partial charge in [-0.3, -0.25) is 0 Å². The monoisotopic (exact) mass is 232 g/mol. The molecule has 6 nitrogen and oxygen atoms in total. The Hall–Kier alpha value is -1.85. The molecule has 0 aromatic heterocycles. The fourth-order valence-corrected chi connectivity index (χ4v) is 0.380. The molecule has 0 aliphatic carbocycles. The predicted octanol–water partition coefficient (Wildman–Crippen LogP) is 0.760. The van der Waals surface area contributed by atoms with E-state index in [1.807, 2.05) is 0 Å². The number of aliphatic carboxylic acids is 1. The molecule has 0 heterocycles. The van der Waals surface area contributed by atoms with Crippen LogP contribution in [-0.4, -0.2) is 36.2 Å². The second-order valence-corrected chi connectivity index (χ2v) is 2.53. The number of hydrogen-bond acceptors (Lipinski definition) is 5. The van der Waals surface area contributed by atoms with Crippen LogP contribution in [-0.2, 0) is 23.9 Å². The maximum atomic E-state index is 10.4. The molecule has 16 heavy (non-hydrogen) atoms. The minimum Gasteiger partial charge on any atom is -0.478 e. The van der Waals surface area contributed by atoms with Crippen LogP contribution in [0, 0.1) is 0 Å². The highest BCUT2D eigenvalue weighted by molar-refractivity contribution is 6.29. The van der Waals surface area contributed by atoms with Gasteiger partial charge in [0.1, 0.15) is 0 Å². The summed E-state index contributed by atoms with van der Waals surface area (Å²) in [5, 5.41) is 7.89. The number of carbonyl (C=O) groups excluding carboxylic acids is 2. The van der Waals surface area contributed by atoms with Crippen molar-refractivity contribution in [2.45, 2.75) is 20.8 Å². The molecule has 0 aliphatic rings. The van der Waals surface area contributed by atoms with Crippen molar-refractivity contribution in [3.05, 3.63) is 12.2 Å². The van der Waals surface area contributed by atoms with Crippen molar-refractivity contribution in [1.82, 2.24) is 0 Å². The van der Waals surface area contributed by atoms with Gasteiger partial charge in [-0.25, -0.2) is 14.4 Å². The van der Waals surface area contributed by atoms with Gasteiger partial charge in [0.2, 0.25) is 0 Å². The van der Waals surface area contributed by atoms with E-state index in [0.29, 0.717) is 0 Å². The van der Waals surface area contributed by atoms with Crippen LogP contribution in [0.25, 0.3) is 0 Å². The third-order valence-electron chi connectivity index (χ3n) is 1.08. The van der Waals surface area contributed by atoms with Crippen LogP contribution in [0.1, 0.15) is 20.8 Å². The number of carboxylic acid groups (broad SMARTS) is 1. The smallest absolute Gasteiger partial charge is 0.417 e. The zero-order valence-corrected chi connectivity index (χ0v) is 9.61. The van der Waals surface area contributed by atoms with Crippen molar-refractivity contribution in [3.8, 4) is 0 Å². The first-order chi connectivity index (χ1) is 7.36. The summed E-state index contributed by atoms with van der Waals surface area (Å²) < 4.78 is 8.69. The van der Waals surface area contributed by atoms with Crippen molar-refractivity contribution in [2.24, 2.45) is 0 Å². The van der Waals surface area contributed by atoms with Crippen LogP contribution in [0.15, 0.2) is 12.2 Å². The van der Waals surface area contributed by atoms with Crippen molar-refractivity contribution in [3.63, 3.8) is 0 Å². The van der Waals surface area contributed by atoms with Crippen LogP contribution in [0.4, 0.5) is 0 Å². The Balaban J connectivity index is 0. The average Bonchev–Trinajstić information content (AvgIpc) is 2.19. The van der Waals surface area contributed by atoms with Crippen LogP contribution < -0.4 is 0 Å². The number of hydrogen-bond donors (Lipinski definition) is 1. The van der Waals surface area contributed by atoms with E-state index in [9.17, 15) is 14.4 Å². The second-order valence-electron chi connectivity index (χ2n) is 2.53. The molecule has 92 valence electrons. The van der Waals surface area contributed by atoms with Crippen molar-refractivity contribution in [2.75, 3.05) is 13.2 Å². The summed E-state index contributed by atoms with van der Waals surface area (Å²) in [6, 6.07) is 0. The topological polar surface area (TPSA) is 89.9 Å². The molecule has 0 saturated heterocycles. The lowest BCUT2D eigenvalue weighted by molar-refractivity contribution is -0.167. The number of carbonyl (C=O) groups is 3. The Morgan fingerprint density at radius 1 is 1.06 bits per heavy atom. The molecule has 0 aromatic rings. The van der Waals surface area contributed by atoms with E-state index < -0.39 is 17.9 Å². The van der Waals surface area contributed by atoms with Crippen LogP contribution in [0.5, 0.6) is 0 Å². The van der Waals surface area contributed by atoms with Gasteiger partial charge in [0.25, 0.3) is 0 Å². The quantitative estimate of drug-likeness (QED) is 0.439. The van der Waals surface area contributed by atoms with Gasteiger partial charge in [0, 0.05) is 5.57 Å². The van der Waals surface area contributed by atoms with Gasteiger partial charge in [0.05, 0.1) is 13.2 Å². The molecule has 6 heteroatoms. The van der Waals surface area contributed by atoms with Crippen LogP contribution in [0.3, 0.4) is 0 Å². The Labute approximate surface area is 93.8 Å². The molecule has 1 N–H and O–H groups in total. The number of carboxylic acids is 1. The summed E-state index contributed by atoms with van der Waals surface area (Å²) in [5.74, 6) is -2.79. The lowest BCUT2D eigenvalue weighted by Gasteiger charge is -1.99. The molecule has 0 radical (unpaired) electrons. The molecule has 0 unspecified atom stereocenters. The minimum absolute atomic E-state index is 0.176. The first-order valence-electron chi connectivity index (χ1n) is 4.59. The van der Waals surface area contributed by atoms with Gasteiger partial charge in [-0.15, -0.1) is 0 Å². The highest BCUT2D eigenvalue weighted by Gasteiger charge is 2.14. The van der Waals surface area contributed by atoms with E-state index >= 15 is 0 Å². The summed E-state index contributed by atoms with van der Waals surface area (Å²) >= 11 is 0. The maximum Gasteiger partial charge on any atom is 0.417 e.